The Morgan fingerprint density at radius 3 is 2.80 bits per heavy atom. The van der Waals surface area contributed by atoms with E-state index in [-0.39, 0.29) is 5.97 Å². The fraction of sp³-hybridized carbons (Fsp3) is 0.364. The van der Waals surface area contributed by atoms with Crippen molar-refractivity contribution in [1.29, 1.82) is 0 Å². The Labute approximate surface area is 94.0 Å². The lowest BCUT2D eigenvalue weighted by molar-refractivity contribution is -0.137. The number of rotatable bonds is 4. The number of carbonyl (C=O) groups is 1. The number of benzene rings is 1. The molecule has 0 atom stereocenters. The van der Waals surface area contributed by atoms with Crippen molar-refractivity contribution in [2.75, 3.05) is 12.9 Å². The zero-order valence-electron chi connectivity index (χ0n) is 8.95. The highest BCUT2D eigenvalue weighted by Gasteiger charge is 2.04. The summed E-state index contributed by atoms with van der Waals surface area (Å²) >= 11 is 1.48. The van der Waals surface area contributed by atoms with Crippen LogP contribution in [-0.2, 0) is 16.1 Å². The van der Waals surface area contributed by atoms with Crippen molar-refractivity contribution >= 4 is 17.7 Å². The minimum atomic E-state index is -0.206. The first kappa shape index (κ1) is 12.1. The summed E-state index contributed by atoms with van der Waals surface area (Å²) in [6.45, 7) is 2.56. The van der Waals surface area contributed by atoms with E-state index in [2.05, 4.69) is 4.74 Å². The molecule has 4 heteroatoms. The van der Waals surface area contributed by atoms with Gasteiger partial charge in [0.15, 0.2) is 0 Å². The summed E-state index contributed by atoms with van der Waals surface area (Å²) in [5.41, 5.74) is 7.78. The SMILES string of the molecule is COC(=O)CSc1ccc(CN)cc1C. The van der Waals surface area contributed by atoms with Crippen LogP contribution in [0, 0.1) is 6.92 Å². The Morgan fingerprint density at radius 2 is 2.27 bits per heavy atom. The number of thioether (sulfide) groups is 1. The molecule has 0 aliphatic carbocycles. The average Bonchev–Trinajstić information content (AvgIpc) is 2.26. The first-order valence-electron chi connectivity index (χ1n) is 4.66. The molecule has 3 nitrogen and oxygen atoms in total. The zero-order chi connectivity index (χ0) is 11.3. The minimum absolute atomic E-state index is 0.206. The first-order valence-corrected chi connectivity index (χ1v) is 5.65. The molecule has 0 heterocycles. The van der Waals surface area contributed by atoms with Gasteiger partial charge in [-0.2, -0.15) is 0 Å². The fourth-order valence-corrected chi connectivity index (χ4v) is 2.04. The van der Waals surface area contributed by atoms with Gasteiger partial charge in [0.05, 0.1) is 12.9 Å². The van der Waals surface area contributed by atoms with Crippen LogP contribution in [-0.4, -0.2) is 18.8 Å². The van der Waals surface area contributed by atoms with E-state index in [0.717, 1.165) is 16.0 Å². The van der Waals surface area contributed by atoms with Crippen molar-refractivity contribution in [3.05, 3.63) is 29.3 Å². The van der Waals surface area contributed by atoms with Crippen LogP contribution in [0.3, 0.4) is 0 Å². The number of esters is 1. The highest BCUT2D eigenvalue weighted by molar-refractivity contribution is 8.00. The number of carbonyl (C=O) groups excluding carboxylic acids is 1. The second-order valence-electron chi connectivity index (χ2n) is 3.17. The molecular formula is C11H15NO2S. The van der Waals surface area contributed by atoms with E-state index in [1.165, 1.54) is 18.9 Å². The van der Waals surface area contributed by atoms with Crippen LogP contribution < -0.4 is 5.73 Å². The van der Waals surface area contributed by atoms with Crippen molar-refractivity contribution in [3.8, 4) is 0 Å². The molecule has 1 aromatic carbocycles. The summed E-state index contributed by atoms with van der Waals surface area (Å²) in [5, 5.41) is 0. The molecule has 0 radical (unpaired) electrons. The quantitative estimate of drug-likeness (QED) is 0.626. The van der Waals surface area contributed by atoms with Crippen LogP contribution in [0.2, 0.25) is 0 Å². The monoisotopic (exact) mass is 225 g/mol. The van der Waals surface area contributed by atoms with Gasteiger partial charge in [-0.1, -0.05) is 12.1 Å². The van der Waals surface area contributed by atoms with E-state index in [1.807, 2.05) is 25.1 Å². The Morgan fingerprint density at radius 1 is 1.53 bits per heavy atom. The van der Waals surface area contributed by atoms with Gasteiger partial charge in [0.1, 0.15) is 0 Å². The number of nitrogens with two attached hydrogens (primary N) is 1. The Hall–Kier alpha value is -1.00. The van der Waals surface area contributed by atoms with Crippen molar-refractivity contribution < 1.29 is 9.53 Å². The van der Waals surface area contributed by atoms with Gasteiger partial charge in [0.2, 0.25) is 0 Å². The smallest absolute Gasteiger partial charge is 0.315 e. The largest absolute Gasteiger partial charge is 0.468 e. The lowest BCUT2D eigenvalue weighted by Gasteiger charge is -2.06. The molecule has 0 spiro atoms. The lowest BCUT2D eigenvalue weighted by atomic mass is 10.1. The summed E-state index contributed by atoms with van der Waals surface area (Å²) in [6, 6.07) is 6.01. The lowest BCUT2D eigenvalue weighted by Crippen LogP contribution is -2.03. The highest BCUT2D eigenvalue weighted by atomic mass is 32.2. The van der Waals surface area contributed by atoms with Gasteiger partial charge in [-0.3, -0.25) is 4.79 Å². The van der Waals surface area contributed by atoms with Crippen LogP contribution in [0.15, 0.2) is 23.1 Å². The Bertz CT molecular complexity index is 352. The fourth-order valence-electron chi connectivity index (χ4n) is 1.20. The maximum atomic E-state index is 11.0. The van der Waals surface area contributed by atoms with Crippen LogP contribution in [0.25, 0.3) is 0 Å². The third kappa shape index (κ3) is 3.57. The van der Waals surface area contributed by atoms with Gasteiger partial charge in [-0.25, -0.2) is 0 Å². The molecular weight excluding hydrogens is 210 g/mol. The van der Waals surface area contributed by atoms with Gasteiger partial charge in [-0.05, 0) is 24.1 Å². The number of hydrogen-bond donors (Lipinski definition) is 1. The maximum absolute atomic E-state index is 11.0. The molecule has 0 aliphatic heterocycles. The summed E-state index contributed by atoms with van der Waals surface area (Å²) < 4.78 is 4.58. The van der Waals surface area contributed by atoms with Gasteiger partial charge < -0.3 is 10.5 Å². The molecule has 0 unspecified atom stereocenters. The molecule has 0 saturated heterocycles. The van der Waals surface area contributed by atoms with Crippen LogP contribution in [0.1, 0.15) is 11.1 Å². The predicted molar refractivity (Wildman–Crippen MR) is 61.8 cm³/mol. The number of hydrogen-bond acceptors (Lipinski definition) is 4. The summed E-state index contributed by atoms with van der Waals surface area (Å²) in [4.78, 5) is 12.1. The van der Waals surface area contributed by atoms with Gasteiger partial charge >= 0.3 is 5.97 Å². The van der Waals surface area contributed by atoms with E-state index in [9.17, 15) is 4.79 Å². The van der Waals surface area contributed by atoms with Crippen LogP contribution in [0.4, 0.5) is 0 Å². The van der Waals surface area contributed by atoms with Crippen molar-refractivity contribution in [2.24, 2.45) is 5.73 Å². The molecule has 0 aromatic heterocycles. The molecule has 0 fully saturated rings. The minimum Gasteiger partial charge on any atom is -0.468 e. The molecule has 0 bridgehead atoms. The predicted octanol–water partition coefficient (Wildman–Crippen LogP) is 1.72. The molecule has 1 aromatic rings. The summed E-state index contributed by atoms with van der Waals surface area (Å²) in [7, 11) is 1.40. The van der Waals surface area contributed by atoms with Crippen molar-refractivity contribution in [2.45, 2.75) is 18.4 Å². The van der Waals surface area contributed by atoms with E-state index in [1.54, 1.807) is 0 Å². The Kier molecular flexibility index (Phi) is 4.65. The molecule has 2 N–H and O–H groups in total. The molecule has 15 heavy (non-hydrogen) atoms. The normalized spacial score (nSPS) is 10.1. The second-order valence-corrected chi connectivity index (χ2v) is 4.19. The molecule has 1 rings (SSSR count). The topological polar surface area (TPSA) is 52.3 Å². The first-order chi connectivity index (χ1) is 7.17. The van der Waals surface area contributed by atoms with Crippen LogP contribution >= 0.6 is 11.8 Å². The van der Waals surface area contributed by atoms with E-state index in [4.69, 9.17) is 5.73 Å². The standard InChI is InChI=1S/C11H15NO2S/c1-8-5-9(6-12)3-4-10(8)15-7-11(13)14-2/h3-5H,6-7,12H2,1-2H3. The van der Waals surface area contributed by atoms with E-state index in [0.29, 0.717) is 12.3 Å². The van der Waals surface area contributed by atoms with Gasteiger partial charge in [0, 0.05) is 11.4 Å². The highest BCUT2D eigenvalue weighted by Crippen LogP contribution is 2.23. The van der Waals surface area contributed by atoms with Crippen molar-refractivity contribution in [3.63, 3.8) is 0 Å². The third-order valence-electron chi connectivity index (χ3n) is 2.05. The maximum Gasteiger partial charge on any atom is 0.315 e. The van der Waals surface area contributed by atoms with Crippen LogP contribution in [0.5, 0.6) is 0 Å². The summed E-state index contributed by atoms with van der Waals surface area (Å²) in [6.07, 6.45) is 0. The molecule has 0 aliphatic rings. The van der Waals surface area contributed by atoms with E-state index < -0.39 is 0 Å². The number of ether oxygens (including phenoxy) is 1. The second kappa shape index (κ2) is 5.78. The molecule has 0 saturated carbocycles. The number of aryl methyl sites for hydroxylation is 1. The van der Waals surface area contributed by atoms with E-state index >= 15 is 0 Å². The molecule has 0 amide bonds. The average molecular weight is 225 g/mol. The summed E-state index contributed by atoms with van der Waals surface area (Å²) in [5.74, 6) is 0.140. The zero-order valence-corrected chi connectivity index (χ0v) is 9.76. The van der Waals surface area contributed by atoms with Crippen molar-refractivity contribution in [1.82, 2.24) is 0 Å². The third-order valence-corrected chi connectivity index (χ3v) is 3.20. The van der Waals surface area contributed by atoms with Gasteiger partial charge in [0.25, 0.3) is 0 Å². The number of methoxy groups -OCH3 is 1. The Balaban J connectivity index is 2.66. The van der Waals surface area contributed by atoms with Gasteiger partial charge in [-0.15, -0.1) is 11.8 Å². The molecule has 82 valence electrons.